The number of benzene rings is 3. The lowest BCUT2D eigenvalue weighted by molar-refractivity contribution is 0.0951. The molecule has 1 amide bonds. The van der Waals surface area contributed by atoms with E-state index in [4.69, 9.17) is 17.0 Å². The summed E-state index contributed by atoms with van der Waals surface area (Å²) < 4.78 is 7.22. The fraction of sp³-hybridized carbons (Fsp3) is 0.160. The molecule has 162 valence electrons. The second kappa shape index (κ2) is 9.62. The van der Waals surface area contributed by atoms with Crippen molar-refractivity contribution in [2.45, 2.75) is 19.5 Å². The number of ether oxygens (including phenoxy) is 1. The van der Waals surface area contributed by atoms with Gasteiger partial charge in [0.1, 0.15) is 5.75 Å². The molecular formula is C25H23N3O3S. The van der Waals surface area contributed by atoms with Crippen LogP contribution in [0.5, 0.6) is 5.75 Å². The molecule has 0 aliphatic heterocycles. The molecule has 0 atom stereocenters. The van der Waals surface area contributed by atoms with Crippen molar-refractivity contribution >= 4 is 29.0 Å². The van der Waals surface area contributed by atoms with Crippen LogP contribution in [-0.4, -0.2) is 22.6 Å². The zero-order valence-corrected chi connectivity index (χ0v) is 18.4. The van der Waals surface area contributed by atoms with Crippen molar-refractivity contribution in [1.29, 1.82) is 0 Å². The lowest BCUT2D eigenvalue weighted by atomic mass is 10.1. The Labute approximate surface area is 190 Å². The number of amides is 1. The van der Waals surface area contributed by atoms with Crippen molar-refractivity contribution in [3.05, 3.63) is 105 Å². The number of H-pyrrole nitrogens is 1. The fourth-order valence-corrected chi connectivity index (χ4v) is 3.90. The highest BCUT2D eigenvalue weighted by Crippen LogP contribution is 2.17. The lowest BCUT2D eigenvalue weighted by Crippen LogP contribution is -2.25. The number of methoxy groups -OCH3 is 1. The largest absolute Gasteiger partial charge is 0.496 e. The molecule has 32 heavy (non-hydrogen) atoms. The number of aryl methyl sites for hydroxylation is 1. The molecule has 2 N–H and O–H groups in total. The summed E-state index contributed by atoms with van der Waals surface area (Å²) in [6.45, 7) is 0.813. The van der Waals surface area contributed by atoms with Gasteiger partial charge in [0.2, 0.25) is 0 Å². The number of hydrogen-bond donors (Lipinski definition) is 2. The van der Waals surface area contributed by atoms with Crippen LogP contribution >= 0.6 is 12.2 Å². The van der Waals surface area contributed by atoms with Crippen LogP contribution in [0, 0.1) is 4.77 Å². The molecule has 0 spiro atoms. The molecule has 0 aliphatic carbocycles. The van der Waals surface area contributed by atoms with Crippen LogP contribution in [-0.2, 0) is 19.5 Å². The van der Waals surface area contributed by atoms with Gasteiger partial charge in [-0.3, -0.25) is 14.2 Å². The molecule has 0 bridgehead atoms. The number of fused-ring (bicyclic) bond motifs is 1. The van der Waals surface area contributed by atoms with Gasteiger partial charge >= 0.3 is 0 Å². The van der Waals surface area contributed by atoms with E-state index in [1.54, 1.807) is 29.9 Å². The summed E-state index contributed by atoms with van der Waals surface area (Å²) in [4.78, 5) is 28.8. The second-order valence-corrected chi connectivity index (χ2v) is 7.76. The SMILES string of the molecule is COc1ccccc1CNC(=O)c1ccc2c(=O)n(CCc3ccccc3)c(=S)[nH]c2c1. The first kappa shape index (κ1) is 21.5. The minimum Gasteiger partial charge on any atom is -0.496 e. The fourth-order valence-electron chi connectivity index (χ4n) is 3.61. The molecular weight excluding hydrogens is 422 g/mol. The zero-order chi connectivity index (χ0) is 22.5. The average Bonchev–Trinajstić information content (AvgIpc) is 2.82. The molecule has 3 aromatic carbocycles. The van der Waals surface area contributed by atoms with Crippen molar-refractivity contribution in [3.8, 4) is 5.75 Å². The van der Waals surface area contributed by atoms with E-state index < -0.39 is 0 Å². The normalized spacial score (nSPS) is 10.8. The molecule has 1 heterocycles. The first-order chi connectivity index (χ1) is 15.6. The number of hydrogen-bond acceptors (Lipinski definition) is 4. The highest BCUT2D eigenvalue weighted by atomic mass is 32.1. The minimum atomic E-state index is -0.245. The molecule has 0 radical (unpaired) electrons. The maximum absolute atomic E-state index is 13.0. The predicted octanol–water partition coefficient (Wildman–Crippen LogP) is 4.24. The molecule has 4 aromatic rings. The van der Waals surface area contributed by atoms with E-state index in [1.807, 2.05) is 54.6 Å². The van der Waals surface area contributed by atoms with Crippen LogP contribution in [0.25, 0.3) is 10.9 Å². The Bertz CT molecular complexity index is 1380. The van der Waals surface area contributed by atoms with E-state index in [-0.39, 0.29) is 11.5 Å². The quantitative estimate of drug-likeness (QED) is 0.417. The Hall–Kier alpha value is -3.71. The number of para-hydroxylation sites is 1. The van der Waals surface area contributed by atoms with Crippen LogP contribution < -0.4 is 15.6 Å². The van der Waals surface area contributed by atoms with Gasteiger partial charge in [-0.25, -0.2) is 0 Å². The Kier molecular flexibility index (Phi) is 6.47. The van der Waals surface area contributed by atoms with Gasteiger partial charge in [0.05, 0.1) is 18.0 Å². The Morgan fingerprint density at radius 1 is 1.06 bits per heavy atom. The van der Waals surface area contributed by atoms with Crippen LogP contribution in [0.15, 0.2) is 77.6 Å². The summed E-state index contributed by atoms with van der Waals surface area (Å²) in [5, 5.41) is 3.39. The monoisotopic (exact) mass is 445 g/mol. The molecule has 0 fully saturated rings. The third-order valence-electron chi connectivity index (χ3n) is 5.34. The molecule has 7 heteroatoms. The maximum atomic E-state index is 13.0. The molecule has 4 rings (SSSR count). The number of aromatic nitrogens is 2. The number of aromatic amines is 1. The first-order valence-electron chi connectivity index (χ1n) is 10.3. The maximum Gasteiger partial charge on any atom is 0.262 e. The van der Waals surface area contributed by atoms with Crippen molar-refractivity contribution in [2.75, 3.05) is 7.11 Å². The molecule has 0 saturated carbocycles. The summed E-state index contributed by atoms with van der Waals surface area (Å²) in [6, 6.07) is 22.4. The third kappa shape index (κ3) is 4.63. The van der Waals surface area contributed by atoms with Gasteiger partial charge in [-0.2, -0.15) is 0 Å². The zero-order valence-electron chi connectivity index (χ0n) is 17.6. The lowest BCUT2D eigenvalue weighted by Gasteiger charge is -2.11. The van der Waals surface area contributed by atoms with Gasteiger partial charge in [-0.05, 0) is 48.5 Å². The number of carbonyl (C=O) groups is 1. The highest BCUT2D eigenvalue weighted by Gasteiger charge is 2.11. The number of nitrogens with zero attached hydrogens (tertiary/aromatic N) is 1. The minimum absolute atomic E-state index is 0.166. The highest BCUT2D eigenvalue weighted by molar-refractivity contribution is 7.71. The summed E-state index contributed by atoms with van der Waals surface area (Å²) in [7, 11) is 1.60. The van der Waals surface area contributed by atoms with E-state index >= 15 is 0 Å². The standard InChI is InChI=1S/C25H23N3O3S/c1-31-22-10-6-5-9-19(22)16-26-23(29)18-11-12-20-21(15-18)27-25(32)28(24(20)30)14-13-17-7-3-2-4-8-17/h2-12,15H,13-14,16H2,1H3,(H,26,29)(H,27,32). The predicted molar refractivity (Wildman–Crippen MR) is 128 cm³/mol. The topological polar surface area (TPSA) is 76.1 Å². The van der Waals surface area contributed by atoms with Gasteiger partial charge < -0.3 is 15.0 Å². The Balaban J connectivity index is 1.54. The van der Waals surface area contributed by atoms with E-state index in [1.165, 1.54) is 0 Å². The molecule has 0 saturated heterocycles. The van der Waals surface area contributed by atoms with E-state index in [0.717, 1.165) is 11.1 Å². The summed E-state index contributed by atoms with van der Waals surface area (Å²) >= 11 is 5.43. The molecule has 1 aromatic heterocycles. The van der Waals surface area contributed by atoms with Crippen LogP contribution in [0.1, 0.15) is 21.5 Å². The number of carbonyl (C=O) groups excluding carboxylic acids is 1. The van der Waals surface area contributed by atoms with Crippen molar-refractivity contribution in [2.24, 2.45) is 0 Å². The van der Waals surface area contributed by atoms with Gasteiger partial charge in [-0.1, -0.05) is 48.5 Å². The smallest absolute Gasteiger partial charge is 0.262 e. The average molecular weight is 446 g/mol. The van der Waals surface area contributed by atoms with E-state index in [0.29, 0.717) is 46.5 Å². The van der Waals surface area contributed by atoms with Crippen LogP contribution in [0.4, 0.5) is 0 Å². The van der Waals surface area contributed by atoms with Crippen LogP contribution in [0.2, 0.25) is 0 Å². The van der Waals surface area contributed by atoms with Gasteiger partial charge in [0.25, 0.3) is 11.5 Å². The van der Waals surface area contributed by atoms with Gasteiger partial charge in [0.15, 0.2) is 4.77 Å². The molecule has 0 unspecified atom stereocenters. The van der Waals surface area contributed by atoms with Crippen molar-refractivity contribution in [1.82, 2.24) is 14.9 Å². The molecule has 6 nitrogen and oxygen atoms in total. The number of rotatable bonds is 7. The van der Waals surface area contributed by atoms with E-state index in [9.17, 15) is 9.59 Å². The summed E-state index contributed by atoms with van der Waals surface area (Å²) in [6.07, 6.45) is 0.702. The summed E-state index contributed by atoms with van der Waals surface area (Å²) in [5.74, 6) is 0.469. The van der Waals surface area contributed by atoms with Gasteiger partial charge in [0, 0.05) is 24.2 Å². The number of nitrogens with one attached hydrogen (secondary N) is 2. The van der Waals surface area contributed by atoms with Crippen molar-refractivity contribution in [3.63, 3.8) is 0 Å². The molecule has 0 aliphatic rings. The summed E-state index contributed by atoms with van der Waals surface area (Å²) in [5.41, 5.74) is 2.84. The van der Waals surface area contributed by atoms with Gasteiger partial charge in [-0.15, -0.1) is 0 Å². The van der Waals surface area contributed by atoms with Crippen molar-refractivity contribution < 1.29 is 9.53 Å². The second-order valence-electron chi connectivity index (χ2n) is 7.38. The first-order valence-corrected chi connectivity index (χ1v) is 10.7. The van der Waals surface area contributed by atoms with Crippen LogP contribution in [0.3, 0.4) is 0 Å². The Morgan fingerprint density at radius 3 is 2.59 bits per heavy atom. The third-order valence-corrected chi connectivity index (χ3v) is 5.67. The Morgan fingerprint density at radius 2 is 1.81 bits per heavy atom. The van der Waals surface area contributed by atoms with E-state index in [2.05, 4.69) is 10.3 Å².